The Bertz CT molecular complexity index is 509. The van der Waals surface area contributed by atoms with E-state index in [2.05, 4.69) is 5.32 Å². The number of benzene rings is 1. The topological polar surface area (TPSA) is 82.8 Å². The lowest BCUT2D eigenvalue weighted by atomic mass is 10.1. The zero-order valence-corrected chi connectivity index (χ0v) is 12.0. The molecule has 0 heterocycles. The molecule has 0 aliphatic heterocycles. The minimum absolute atomic E-state index is 0.0583. The molecule has 0 radical (unpaired) electrons. The molecule has 0 aliphatic carbocycles. The van der Waals surface area contributed by atoms with Crippen molar-refractivity contribution in [2.24, 2.45) is 5.73 Å². The van der Waals surface area contributed by atoms with Gasteiger partial charge in [-0.1, -0.05) is 0 Å². The average molecular weight is 304 g/mol. The molecule has 1 rings (SSSR count). The summed E-state index contributed by atoms with van der Waals surface area (Å²) in [6.45, 7) is -1.71. The molecular formula is C13H18F2N2O4. The molecule has 3 N–H and O–H groups in total. The maximum absolute atomic E-state index is 13.1. The first-order chi connectivity index (χ1) is 9.90. The molecule has 21 heavy (non-hydrogen) atoms. The van der Waals surface area contributed by atoms with Gasteiger partial charge in [-0.3, -0.25) is 4.79 Å². The standard InChI is InChI=1S/C13H18F2N2O4/c1-19-9-5-4-8(10(20-2)11(9)21-3)12(18)17-7-13(14,15)6-16/h4-5H,6-7,16H2,1-3H3,(H,17,18). The molecule has 0 atom stereocenters. The lowest BCUT2D eigenvalue weighted by Gasteiger charge is -2.17. The summed E-state index contributed by atoms with van der Waals surface area (Å²) in [5.41, 5.74) is 4.97. The van der Waals surface area contributed by atoms with E-state index in [1.54, 1.807) is 0 Å². The van der Waals surface area contributed by atoms with E-state index >= 15 is 0 Å². The van der Waals surface area contributed by atoms with E-state index in [1.165, 1.54) is 33.5 Å². The van der Waals surface area contributed by atoms with E-state index in [0.717, 1.165) is 0 Å². The summed E-state index contributed by atoms with van der Waals surface area (Å²) in [6, 6.07) is 2.88. The number of hydrogen-bond acceptors (Lipinski definition) is 5. The van der Waals surface area contributed by atoms with Gasteiger partial charge in [0.25, 0.3) is 11.8 Å². The summed E-state index contributed by atoms with van der Waals surface area (Å²) in [5.74, 6) is -3.22. The lowest BCUT2D eigenvalue weighted by molar-refractivity contribution is 0.0118. The summed E-state index contributed by atoms with van der Waals surface area (Å²) < 4.78 is 41.4. The molecule has 0 unspecified atom stereocenters. The second kappa shape index (κ2) is 7.07. The summed E-state index contributed by atoms with van der Waals surface area (Å²) in [5, 5.41) is 2.11. The third-order valence-electron chi connectivity index (χ3n) is 2.76. The normalized spacial score (nSPS) is 11.0. The van der Waals surface area contributed by atoms with Crippen LogP contribution >= 0.6 is 0 Å². The Morgan fingerprint density at radius 1 is 1.19 bits per heavy atom. The largest absolute Gasteiger partial charge is 0.493 e. The number of methoxy groups -OCH3 is 3. The van der Waals surface area contributed by atoms with Crippen LogP contribution < -0.4 is 25.3 Å². The fourth-order valence-corrected chi connectivity index (χ4v) is 1.66. The molecule has 0 bridgehead atoms. The monoisotopic (exact) mass is 304 g/mol. The van der Waals surface area contributed by atoms with Crippen molar-refractivity contribution in [1.29, 1.82) is 0 Å². The average Bonchev–Trinajstić information content (AvgIpc) is 2.50. The van der Waals surface area contributed by atoms with Crippen molar-refractivity contribution >= 4 is 5.91 Å². The smallest absolute Gasteiger partial charge is 0.277 e. The molecule has 118 valence electrons. The second-order valence-corrected chi connectivity index (χ2v) is 4.12. The maximum Gasteiger partial charge on any atom is 0.277 e. The van der Waals surface area contributed by atoms with E-state index in [0.29, 0.717) is 5.75 Å². The highest BCUT2D eigenvalue weighted by molar-refractivity contribution is 5.98. The van der Waals surface area contributed by atoms with E-state index in [4.69, 9.17) is 19.9 Å². The van der Waals surface area contributed by atoms with Gasteiger partial charge in [-0.2, -0.15) is 0 Å². The van der Waals surface area contributed by atoms with Gasteiger partial charge in [-0.15, -0.1) is 0 Å². The van der Waals surface area contributed by atoms with E-state index < -0.39 is 24.9 Å². The van der Waals surface area contributed by atoms with Crippen molar-refractivity contribution in [2.45, 2.75) is 5.92 Å². The van der Waals surface area contributed by atoms with Gasteiger partial charge in [-0.05, 0) is 12.1 Å². The Labute approximate surface area is 121 Å². The number of halogens is 2. The Balaban J connectivity index is 3.04. The highest BCUT2D eigenvalue weighted by Crippen LogP contribution is 2.39. The Hall–Kier alpha value is -2.09. The second-order valence-electron chi connectivity index (χ2n) is 4.12. The molecule has 0 aliphatic rings. The van der Waals surface area contributed by atoms with Crippen molar-refractivity contribution in [3.05, 3.63) is 17.7 Å². The molecule has 1 amide bonds. The van der Waals surface area contributed by atoms with Crippen molar-refractivity contribution in [3.63, 3.8) is 0 Å². The number of hydrogen-bond donors (Lipinski definition) is 2. The van der Waals surface area contributed by atoms with Gasteiger partial charge in [0.1, 0.15) is 0 Å². The molecule has 0 spiro atoms. The van der Waals surface area contributed by atoms with Gasteiger partial charge in [0.05, 0.1) is 40.0 Å². The molecular weight excluding hydrogens is 286 g/mol. The van der Waals surface area contributed by atoms with Crippen molar-refractivity contribution < 1.29 is 27.8 Å². The lowest BCUT2D eigenvalue weighted by Crippen LogP contribution is -2.41. The summed E-state index contributed by atoms with van der Waals surface area (Å²) in [4.78, 5) is 12.0. The first kappa shape index (κ1) is 17.0. The molecule has 8 heteroatoms. The van der Waals surface area contributed by atoms with Gasteiger partial charge >= 0.3 is 0 Å². The summed E-state index contributed by atoms with van der Waals surface area (Å²) in [6.07, 6.45) is 0. The van der Waals surface area contributed by atoms with Crippen molar-refractivity contribution in [1.82, 2.24) is 5.32 Å². The molecule has 1 aromatic rings. The number of nitrogens with one attached hydrogen (secondary N) is 1. The van der Waals surface area contributed by atoms with Crippen LogP contribution in [-0.2, 0) is 0 Å². The van der Waals surface area contributed by atoms with Crippen LogP contribution in [0, 0.1) is 0 Å². The van der Waals surface area contributed by atoms with Gasteiger partial charge in [0.2, 0.25) is 5.75 Å². The highest BCUT2D eigenvalue weighted by Gasteiger charge is 2.28. The fraction of sp³-hybridized carbons (Fsp3) is 0.462. The minimum Gasteiger partial charge on any atom is -0.493 e. The minimum atomic E-state index is -3.17. The van der Waals surface area contributed by atoms with Crippen molar-refractivity contribution in [3.8, 4) is 17.2 Å². The molecule has 0 saturated heterocycles. The van der Waals surface area contributed by atoms with Crippen LogP contribution in [-0.4, -0.2) is 46.2 Å². The van der Waals surface area contributed by atoms with Crippen LogP contribution in [0.15, 0.2) is 12.1 Å². The van der Waals surface area contributed by atoms with E-state index in [-0.39, 0.29) is 17.1 Å². The quantitative estimate of drug-likeness (QED) is 0.786. The third-order valence-corrected chi connectivity index (χ3v) is 2.76. The SMILES string of the molecule is COc1ccc(C(=O)NCC(F)(F)CN)c(OC)c1OC. The zero-order valence-electron chi connectivity index (χ0n) is 12.0. The summed E-state index contributed by atoms with van der Waals surface area (Å²) >= 11 is 0. The molecule has 1 aromatic carbocycles. The Morgan fingerprint density at radius 3 is 2.29 bits per heavy atom. The van der Waals surface area contributed by atoms with Gasteiger partial charge in [0, 0.05) is 0 Å². The predicted molar refractivity (Wildman–Crippen MR) is 72.4 cm³/mol. The number of carbonyl (C=O) groups is 1. The van der Waals surface area contributed by atoms with Gasteiger partial charge in [0.15, 0.2) is 11.5 Å². The van der Waals surface area contributed by atoms with Crippen LogP contribution in [0.4, 0.5) is 8.78 Å². The molecule has 0 fully saturated rings. The Kier molecular flexibility index (Phi) is 5.71. The number of ether oxygens (including phenoxy) is 3. The first-order valence-electron chi connectivity index (χ1n) is 6.05. The van der Waals surface area contributed by atoms with Crippen LogP contribution in [0.3, 0.4) is 0 Å². The number of nitrogens with two attached hydrogens (primary N) is 1. The molecule has 6 nitrogen and oxygen atoms in total. The molecule has 0 saturated carbocycles. The zero-order chi connectivity index (χ0) is 16.0. The maximum atomic E-state index is 13.1. The number of rotatable bonds is 7. The summed E-state index contributed by atoms with van der Waals surface area (Å²) in [7, 11) is 4.14. The third kappa shape index (κ3) is 3.94. The van der Waals surface area contributed by atoms with Crippen LogP contribution in [0.25, 0.3) is 0 Å². The predicted octanol–water partition coefficient (Wildman–Crippen LogP) is 1.04. The van der Waals surface area contributed by atoms with Crippen LogP contribution in [0.2, 0.25) is 0 Å². The Morgan fingerprint density at radius 2 is 1.81 bits per heavy atom. The fourth-order valence-electron chi connectivity index (χ4n) is 1.66. The number of alkyl halides is 2. The van der Waals surface area contributed by atoms with Gasteiger partial charge in [-0.25, -0.2) is 8.78 Å². The van der Waals surface area contributed by atoms with Crippen LogP contribution in [0.1, 0.15) is 10.4 Å². The van der Waals surface area contributed by atoms with E-state index in [9.17, 15) is 13.6 Å². The highest BCUT2D eigenvalue weighted by atomic mass is 19.3. The van der Waals surface area contributed by atoms with Crippen molar-refractivity contribution in [2.75, 3.05) is 34.4 Å². The van der Waals surface area contributed by atoms with Gasteiger partial charge < -0.3 is 25.3 Å². The number of carbonyl (C=O) groups excluding carboxylic acids is 1. The van der Waals surface area contributed by atoms with Crippen LogP contribution in [0.5, 0.6) is 17.2 Å². The first-order valence-corrected chi connectivity index (χ1v) is 6.05. The van der Waals surface area contributed by atoms with E-state index in [1.807, 2.05) is 0 Å². The number of amides is 1. The molecule has 0 aromatic heterocycles.